The summed E-state index contributed by atoms with van der Waals surface area (Å²) in [4.78, 5) is 16.0. The lowest BCUT2D eigenvalue weighted by atomic mass is 9.93. The summed E-state index contributed by atoms with van der Waals surface area (Å²) in [6, 6.07) is 18.2. The number of nitrogens with one attached hydrogen (secondary N) is 1. The van der Waals surface area contributed by atoms with Gasteiger partial charge in [0.15, 0.2) is 0 Å². The number of anilines is 1. The molecular formula is C32H38FN3O2. The van der Waals surface area contributed by atoms with E-state index in [1.807, 2.05) is 43.3 Å². The van der Waals surface area contributed by atoms with Gasteiger partial charge in [-0.25, -0.2) is 4.39 Å². The number of nitrogens with zero attached hydrogens (tertiary/aromatic N) is 1. The number of carbonyl (C=O) groups is 1. The first-order valence-electron chi connectivity index (χ1n) is 13.8. The Morgan fingerprint density at radius 2 is 1.61 bits per heavy atom. The number of nitrogens with two attached hydrogens (primary N) is 1. The van der Waals surface area contributed by atoms with Crippen LogP contribution in [0.3, 0.4) is 0 Å². The Bertz CT molecular complexity index is 1380. The molecule has 5 nitrogen and oxygen atoms in total. The summed E-state index contributed by atoms with van der Waals surface area (Å²) in [5.41, 5.74) is 10.2. The number of amides is 1. The molecule has 0 aromatic heterocycles. The van der Waals surface area contributed by atoms with Crippen molar-refractivity contribution in [3.05, 3.63) is 71.8 Å². The summed E-state index contributed by atoms with van der Waals surface area (Å²) < 4.78 is 19.8. The van der Waals surface area contributed by atoms with E-state index in [0.717, 1.165) is 59.1 Å². The minimum Gasteiger partial charge on any atom is -0.456 e. The minimum absolute atomic E-state index is 0.141. The fourth-order valence-electron chi connectivity index (χ4n) is 4.78. The van der Waals surface area contributed by atoms with Crippen molar-refractivity contribution in [1.29, 1.82) is 0 Å². The van der Waals surface area contributed by atoms with E-state index in [2.05, 4.69) is 5.32 Å². The SMILES string of the molecule is CCC(=O)NCCCCCCCCCCN=c1ccc2c(-c3ccc(F)cc3)c3ccc(N)cc3oc-2c1. The van der Waals surface area contributed by atoms with Crippen molar-refractivity contribution in [3.8, 4) is 22.5 Å². The second-order valence-electron chi connectivity index (χ2n) is 9.83. The van der Waals surface area contributed by atoms with E-state index in [-0.39, 0.29) is 11.7 Å². The summed E-state index contributed by atoms with van der Waals surface area (Å²) >= 11 is 0. The Labute approximate surface area is 224 Å². The number of carbonyl (C=O) groups excluding carboxylic acids is 1. The van der Waals surface area contributed by atoms with Gasteiger partial charge < -0.3 is 15.5 Å². The van der Waals surface area contributed by atoms with Gasteiger partial charge in [-0.05, 0) is 54.8 Å². The van der Waals surface area contributed by atoms with Crippen LogP contribution in [0.15, 0.2) is 70.1 Å². The molecule has 0 radical (unpaired) electrons. The Balaban J connectivity index is 1.33. The number of nitrogen functional groups attached to an aromatic ring is 1. The van der Waals surface area contributed by atoms with Gasteiger partial charge in [-0.2, -0.15) is 0 Å². The highest BCUT2D eigenvalue weighted by atomic mass is 19.1. The third kappa shape index (κ3) is 7.44. The molecule has 2 aromatic carbocycles. The number of hydrogen-bond acceptors (Lipinski definition) is 4. The molecule has 0 saturated heterocycles. The summed E-state index contributed by atoms with van der Waals surface area (Å²) in [7, 11) is 0. The molecule has 1 heterocycles. The Kier molecular flexibility index (Phi) is 9.90. The minimum atomic E-state index is -0.262. The molecule has 0 saturated carbocycles. The second kappa shape index (κ2) is 13.8. The van der Waals surface area contributed by atoms with E-state index in [0.29, 0.717) is 17.7 Å². The van der Waals surface area contributed by atoms with E-state index < -0.39 is 0 Å². The number of halogens is 1. The van der Waals surface area contributed by atoms with Crippen LogP contribution in [0.4, 0.5) is 10.1 Å². The van der Waals surface area contributed by atoms with Crippen molar-refractivity contribution in [2.24, 2.45) is 4.99 Å². The molecule has 0 spiro atoms. The normalized spacial score (nSPS) is 11.9. The average molecular weight is 516 g/mol. The van der Waals surface area contributed by atoms with Gasteiger partial charge in [0, 0.05) is 53.8 Å². The number of benzene rings is 3. The zero-order valence-corrected chi connectivity index (χ0v) is 22.3. The summed E-state index contributed by atoms with van der Waals surface area (Å²) in [5, 5.41) is 4.76. The van der Waals surface area contributed by atoms with Crippen molar-refractivity contribution >= 4 is 22.6 Å². The number of hydrogen-bond donors (Lipinski definition) is 2. The third-order valence-electron chi connectivity index (χ3n) is 6.88. The predicted molar refractivity (Wildman–Crippen MR) is 153 cm³/mol. The molecular weight excluding hydrogens is 477 g/mol. The van der Waals surface area contributed by atoms with Crippen molar-refractivity contribution in [3.63, 3.8) is 0 Å². The van der Waals surface area contributed by atoms with Crippen LogP contribution in [0.2, 0.25) is 0 Å². The maximum Gasteiger partial charge on any atom is 0.219 e. The van der Waals surface area contributed by atoms with Crippen LogP contribution in [0.25, 0.3) is 33.4 Å². The molecule has 1 amide bonds. The molecule has 3 N–H and O–H groups in total. The van der Waals surface area contributed by atoms with Crippen molar-refractivity contribution in [1.82, 2.24) is 5.32 Å². The molecule has 0 unspecified atom stereocenters. The van der Waals surface area contributed by atoms with Gasteiger partial charge in [0.05, 0.1) is 5.36 Å². The summed E-state index contributed by atoms with van der Waals surface area (Å²) in [6.45, 7) is 3.47. The largest absolute Gasteiger partial charge is 0.456 e. The van der Waals surface area contributed by atoms with Gasteiger partial charge in [-0.15, -0.1) is 0 Å². The monoisotopic (exact) mass is 515 g/mol. The van der Waals surface area contributed by atoms with E-state index >= 15 is 0 Å². The van der Waals surface area contributed by atoms with Crippen LogP contribution in [-0.4, -0.2) is 19.0 Å². The Morgan fingerprint density at radius 3 is 2.34 bits per heavy atom. The molecule has 6 heteroatoms. The van der Waals surface area contributed by atoms with Crippen LogP contribution < -0.4 is 16.4 Å². The maximum atomic E-state index is 13.6. The van der Waals surface area contributed by atoms with Crippen LogP contribution in [-0.2, 0) is 4.79 Å². The lowest BCUT2D eigenvalue weighted by molar-refractivity contribution is -0.120. The predicted octanol–water partition coefficient (Wildman–Crippen LogP) is 7.47. The van der Waals surface area contributed by atoms with E-state index in [9.17, 15) is 9.18 Å². The van der Waals surface area contributed by atoms with Gasteiger partial charge in [-0.3, -0.25) is 9.79 Å². The van der Waals surface area contributed by atoms with Crippen LogP contribution >= 0.6 is 0 Å². The zero-order valence-electron chi connectivity index (χ0n) is 22.3. The molecule has 1 aliphatic carbocycles. The second-order valence-corrected chi connectivity index (χ2v) is 9.83. The molecule has 0 atom stereocenters. The topological polar surface area (TPSA) is 80.6 Å². The molecule has 2 aromatic rings. The fourth-order valence-corrected chi connectivity index (χ4v) is 4.78. The lowest BCUT2D eigenvalue weighted by Gasteiger charge is -2.15. The lowest BCUT2D eigenvalue weighted by Crippen LogP contribution is -2.23. The molecule has 200 valence electrons. The zero-order chi connectivity index (χ0) is 26.7. The average Bonchev–Trinajstić information content (AvgIpc) is 2.92. The van der Waals surface area contributed by atoms with Crippen molar-refractivity contribution in [2.75, 3.05) is 18.8 Å². The highest BCUT2D eigenvalue weighted by Crippen LogP contribution is 2.40. The first kappa shape index (κ1) is 27.4. The number of fused-ring (bicyclic) bond motifs is 2. The van der Waals surface area contributed by atoms with Gasteiger partial charge in [-0.1, -0.05) is 57.6 Å². The van der Waals surface area contributed by atoms with Crippen LogP contribution in [0, 0.1) is 5.82 Å². The number of unbranched alkanes of at least 4 members (excludes halogenated alkanes) is 7. The fraction of sp³-hybridized carbons (Fsp3) is 0.375. The van der Waals surface area contributed by atoms with Crippen molar-refractivity contribution < 1.29 is 13.6 Å². The first-order valence-corrected chi connectivity index (χ1v) is 13.8. The van der Waals surface area contributed by atoms with Crippen LogP contribution in [0.5, 0.6) is 0 Å². The van der Waals surface area contributed by atoms with E-state index in [4.69, 9.17) is 15.1 Å². The van der Waals surface area contributed by atoms with Gasteiger partial charge in [0.1, 0.15) is 17.2 Å². The standard InChI is InChI=1S/C32H38FN3O2/c1-2-31(37)36-20-10-8-6-4-3-5-7-9-19-35-26-16-18-28-30(22-26)38-29-21-25(34)15-17-27(29)32(28)23-11-13-24(33)14-12-23/h11-18,21-22H,2-10,19-20,34H2,1H3,(H,36,37). The quantitative estimate of drug-likeness (QED) is 0.110. The van der Waals surface area contributed by atoms with Gasteiger partial charge in [0.25, 0.3) is 0 Å². The molecule has 0 bridgehead atoms. The van der Waals surface area contributed by atoms with E-state index in [1.165, 1.54) is 50.7 Å². The third-order valence-corrected chi connectivity index (χ3v) is 6.88. The maximum absolute atomic E-state index is 13.6. The van der Waals surface area contributed by atoms with Crippen LogP contribution in [0.1, 0.15) is 64.7 Å². The highest BCUT2D eigenvalue weighted by Gasteiger charge is 2.17. The molecule has 2 aliphatic rings. The molecule has 4 rings (SSSR count). The van der Waals surface area contributed by atoms with Crippen molar-refractivity contribution in [2.45, 2.75) is 64.7 Å². The smallest absolute Gasteiger partial charge is 0.219 e. The van der Waals surface area contributed by atoms with E-state index in [1.54, 1.807) is 12.1 Å². The first-order chi connectivity index (χ1) is 18.5. The molecule has 1 aliphatic heterocycles. The van der Waals surface area contributed by atoms with Gasteiger partial charge >= 0.3 is 0 Å². The Morgan fingerprint density at radius 1 is 0.895 bits per heavy atom. The van der Waals surface area contributed by atoms with Gasteiger partial charge in [0.2, 0.25) is 5.91 Å². The summed E-state index contributed by atoms with van der Waals surface area (Å²) in [5.74, 6) is 0.613. The number of rotatable bonds is 13. The molecule has 38 heavy (non-hydrogen) atoms. The summed E-state index contributed by atoms with van der Waals surface area (Å²) in [6.07, 6.45) is 10.00. The Hall–Kier alpha value is -3.67. The molecule has 0 fully saturated rings. The highest BCUT2D eigenvalue weighted by molar-refractivity contribution is 6.02.